The molecule has 1 N–H and O–H groups in total. The fourth-order valence-electron chi connectivity index (χ4n) is 2.29. The second-order valence-corrected chi connectivity index (χ2v) is 5.16. The summed E-state index contributed by atoms with van der Waals surface area (Å²) in [5, 5.41) is 3.54. The molecular weight excluding hydrogens is 286 g/mol. The van der Waals surface area contributed by atoms with Gasteiger partial charge >= 0.3 is 0 Å². The molecule has 2 heterocycles. The first-order chi connectivity index (χ1) is 10.2. The van der Waals surface area contributed by atoms with Gasteiger partial charge in [0.25, 0.3) is 5.91 Å². The number of hydrogen-bond donors (Lipinski definition) is 1. The van der Waals surface area contributed by atoms with Gasteiger partial charge in [-0.3, -0.25) is 9.20 Å². The smallest absolute Gasteiger partial charge is 0.270 e. The second kappa shape index (κ2) is 5.58. The number of imidazole rings is 1. The highest BCUT2D eigenvalue weighted by Gasteiger charge is 2.16. The molecule has 21 heavy (non-hydrogen) atoms. The van der Waals surface area contributed by atoms with Crippen molar-refractivity contribution in [3.63, 3.8) is 0 Å². The molecule has 5 heteroatoms. The quantitative estimate of drug-likeness (QED) is 0.807. The summed E-state index contributed by atoms with van der Waals surface area (Å²) in [6, 6.07) is 13.1. The molecule has 1 aromatic carbocycles. The second-order valence-electron chi connectivity index (χ2n) is 4.75. The van der Waals surface area contributed by atoms with Gasteiger partial charge in [0.1, 0.15) is 11.3 Å². The van der Waals surface area contributed by atoms with Gasteiger partial charge < -0.3 is 5.32 Å². The topological polar surface area (TPSA) is 46.4 Å². The first-order valence-electron chi connectivity index (χ1n) is 6.62. The highest BCUT2D eigenvalue weighted by atomic mass is 35.5. The molecule has 0 bridgehead atoms. The third kappa shape index (κ3) is 2.62. The normalized spacial score (nSPS) is 10.8. The Morgan fingerprint density at radius 2 is 2.00 bits per heavy atom. The summed E-state index contributed by atoms with van der Waals surface area (Å²) >= 11 is 6.09. The number of fused-ring (bicyclic) bond motifs is 1. The maximum Gasteiger partial charge on any atom is 0.270 e. The van der Waals surface area contributed by atoms with Crippen LogP contribution in [0.5, 0.6) is 0 Å². The van der Waals surface area contributed by atoms with Crippen LogP contribution < -0.4 is 5.32 Å². The molecule has 106 valence electrons. The van der Waals surface area contributed by atoms with E-state index in [4.69, 9.17) is 11.6 Å². The van der Waals surface area contributed by atoms with Crippen molar-refractivity contribution in [1.29, 1.82) is 0 Å². The summed E-state index contributed by atoms with van der Waals surface area (Å²) in [4.78, 5) is 16.8. The standard InChI is InChI=1S/C16H14ClN3O/c1-11-15(20-9-5-4-8-14(20)19-11)16(21)18-10-12-6-2-3-7-13(12)17/h2-9H,10H2,1H3,(H,18,21). The average Bonchev–Trinajstić information content (AvgIpc) is 2.82. The number of halogens is 1. The lowest BCUT2D eigenvalue weighted by molar-refractivity contribution is 0.0944. The van der Waals surface area contributed by atoms with E-state index in [0.717, 1.165) is 11.2 Å². The molecule has 1 amide bonds. The van der Waals surface area contributed by atoms with Crippen LogP contribution in [-0.2, 0) is 6.54 Å². The lowest BCUT2D eigenvalue weighted by atomic mass is 10.2. The summed E-state index contributed by atoms with van der Waals surface area (Å²) < 4.78 is 1.79. The van der Waals surface area contributed by atoms with Gasteiger partial charge in [0.15, 0.2) is 0 Å². The largest absolute Gasteiger partial charge is 0.347 e. The van der Waals surface area contributed by atoms with Crippen LogP contribution in [0.3, 0.4) is 0 Å². The van der Waals surface area contributed by atoms with Crippen LogP contribution in [0.1, 0.15) is 21.7 Å². The lowest BCUT2D eigenvalue weighted by Gasteiger charge is -2.07. The van der Waals surface area contributed by atoms with Gasteiger partial charge in [-0.25, -0.2) is 4.98 Å². The van der Waals surface area contributed by atoms with Crippen molar-refractivity contribution < 1.29 is 4.79 Å². The number of nitrogens with zero attached hydrogens (tertiary/aromatic N) is 2. The van der Waals surface area contributed by atoms with E-state index in [2.05, 4.69) is 10.3 Å². The van der Waals surface area contributed by atoms with Gasteiger partial charge in [0.05, 0.1) is 5.69 Å². The number of aromatic nitrogens is 2. The number of rotatable bonds is 3. The lowest BCUT2D eigenvalue weighted by Crippen LogP contribution is -2.25. The highest BCUT2D eigenvalue weighted by Crippen LogP contribution is 2.15. The van der Waals surface area contributed by atoms with E-state index in [1.165, 1.54) is 0 Å². The highest BCUT2D eigenvalue weighted by molar-refractivity contribution is 6.31. The van der Waals surface area contributed by atoms with E-state index >= 15 is 0 Å². The Hall–Kier alpha value is -2.33. The summed E-state index contributed by atoms with van der Waals surface area (Å²) in [5.74, 6) is -0.161. The molecule has 0 saturated carbocycles. The Bertz CT molecular complexity index is 810. The van der Waals surface area contributed by atoms with E-state index in [1.54, 1.807) is 4.40 Å². The summed E-state index contributed by atoms with van der Waals surface area (Å²) in [6.07, 6.45) is 1.83. The van der Waals surface area contributed by atoms with Crippen molar-refractivity contribution in [3.8, 4) is 0 Å². The Morgan fingerprint density at radius 1 is 1.24 bits per heavy atom. The number of amides is 1. The molecule has 0 saturated heterocycles. The van der Waals surface area contributed by atoms with E-state index in [-0.39, 0.29) is 5.91 Å². The van der Waals surface area contributed by atoms with Gasteiger partial charge in [-0.15, -0.1) is 0 Å². The van der Waals surface area contributed by atoms with Crippen molar-refractivity contribution in [2.45, 2.75) is 13.5 Å². The van der Waals surface area contributed by atoms with Crippen LogP contribution in [-0.4, -0.2) is 15.3 Å². The van der Waals surface area contributed by atoms with Crippen molar-refractivity contribution >= 4 is 23.2 Å². The van der Waals surface area contributed by atoms with E-state index < -0.39 is 0 Å². The van der Waals surface area contributed by atoms with E-state index in [0.29, 0.717) is 23.0 Å². The number of aryl methyl sites for hydroxylation is 1. The fraction of sp³-hybridized carbons (Fsp3) is 0.125. The monoisotopic (exact) mass is 299 g/mol. The van der Waals surface area contributed by atoms with Crippen LogP contribution >= 0.6 is 11.6 Å². The molecule has 0 radical (unpaired) electrons. The van der Waals surface area contributed by atoms with Crippen LogP contribution in [0.4, 0.5) is 0 Å². The zero-order valence-electron chi connectivity index (χ0n) is 11.5. The van der Waals surface area contributed by atoms with E-state index in [9.17, 15) is 4.79 Å². The molecule has 0 fully saturated rings. The minimum Gasteiger partial charge on any atom is -0.347 e. The maximum absolute atomic E-state index is 12.4. The van der Waals surface area contributed by atoms with Gasteiger partial charge in [0, 0.05) is 17.8 Å². The summed E-state index contributed by atoms with van der Waals surface area (Å²) in [5.41, 5.74) is 2.91. The van der Waals surface area contributed by atoms with Crippen LogP contribution in [0.2, 0.25) is 5.02 Å². The molecule has 3 aromatic rings. The first-order valence-corrected chi connectivity index (χ1v) is 7.00. The molecule has 2 aromatic heterocycles. The Kier molecular flexibility index (Phi) is 3.62. The van der Waals surface area contributed by atoms with Crippen molar-refractivity contribution in [3.05, 3.63) is 70.6 Å². The minimum absolute atomic E-state index is 0.161. The molecule has 4 nitrogen and oxygen atoms in total. The van der Waals surface area contributed by atoms with Gasteiger partial charge in [-0.1, -0.05) is 35.9 Å². The van der Waals surface area contributed by atoms with Crippen molar-refractivity contribution in [2.24, 2.45) is 0 Å². The molecule has 0 unspecified atom stereocenters. The zero-order chi connectivity index (χ0) is 14.8. The molecular formula is C16H14ClN3O. The predicted molar refractivity (Wildman–Crippen MR) is 82.6 cm³/mol. The third-order valence-electron chi connectivity index (χ3n) is 3.32. The van der Waals surface area contributed by atoms with Crippen LogP contribution in [0.15, 0.2) is 48.7 Å². The average molecular weight is 300 g/mol. The SMILES string of the molecule is Cc1nc2ccccn2c1C(=O)NCc1ccccc1Cl. The van der Waals surface area contributed by atoms with Crippen molar-refractivity contribution in [1.82, 2.24) is 14.7 Å². The van der Waals surface area contributed by atoms with Crippen molar-refractivity contribution in [2.75, 3.05) is 0 Å². The Morgan fingerprint density at radius 3 is 2.81 bits per heavy atom. The molecule has 3 rings (SSSR count). The Labute approximate surface area is 127 Å². The number of pyridine rings is 1. The molecule has 0 atom stereocenters. The number of benzene rings is 1. The van der Waals surface area contributed by atoms with Gasteiger partial charge in [-0.2, -0.15) is 0 Å². The molecule has 0 aliphatic heterocycles. The van der Waals surface area contributed by atoms with Crippen LogP contribution in [0, 0.1) is 6.92 Å². The fourth-order valence-corrected chi connectivity index (χ4v) is 2.49. The predicted octanol–water partition coefficient (Wildman–Crippen LogP) is 3.23. The zero-order valence-corrected chi connectivity index (χ0v) is 12.3. The maximum atomic E-state index is 12.4. The van der Waals surface area contributed by atoms with E-state index in [1.807, 2.05) is 55.6 Å². The third-order valence-corrected chi connectivity index (χ3v) is 3.69. The number of hydrogen-bond acceptors (Lipinski definition) is 2. The van der Waals surface area contributed by atoms with Gasteiger partial charge in [-0.05, 0) is 30.7 Å². The number of carbonyl (C=O) groups excluding carboxylic acids is 1. The molecule has 0 spiro atoms. The Balaban J connectivity index is 1.85. The molecule has 0 aliphatic carbocycles. The first kappa shape index (κ1) is 13.6. The molecule has 0 aliphatic rings. The number of nitrogens with one attached hydrogen (secondary N) is 1. The number of carbonyl (C=O) groups is 1. The summed E-state index contributed by atoms with van der Waals surface area (Å²) in [7, 11) is 0. The summed E-state index contributed by atoms with van der Waals surface area (Å²) in [6.45, 7) is 2.22. The minimum atomic E-state index is -0.161. The van der Waals surface area contributed by atoms with Crippen LogP contribution in [0.25, 0.3) is 5.65 Å². The van der Waals surface area contributed by atoms with Gasteiger partial charge in [0.2, 0.25) is 0 Å².